The quantitative estimate of drug-likeness (QED) is 0.326. The second-order valence-electron chi connectivity index (χ2n) is 1.36. The topological polar surface area (TPSA) is 89.6 Å². The van der Waals surface area contributed by atoms with Crippen LogP contribution in [0.25, 0.3) is 10.4 Å². The van der Waals surface area contributed by atoms with Gasteiger partial charge in [0.15, 0.2) is 0 Å². The molecule has 0 aliphatic carbocycles. The average Bonchev–Trinajstić information content (AvgIpc) is 1.91. The summed E-state index contributed by atoms with van der Waals surface area (Å²) >= 11 is 0. The molecule has 0 heterocycles. The van der Waals surface area contributed by atoms with Crippen molar-refractivity contribution in [1.82, 2.24) is 0 Å². The summed E-state index contributed by atoms with van der Waals surface area (Å²) < 4.78 is 11.6. The number of nitriles is 1. The molecule has 5 nitrogen and oxygen atoms in total. The van der Waals surface area contributed by atoms with Gasteiger partial charge in [0, 0.05) is 4.91 Å². The van der Waals surface area contributed by atoms with Crippen molar-refractivity contribution in [2.24, 2.45) is 11.0 Å². The van der Waals surface area contributed by atoms with Crippen molar-refractivity contribution < 1.29 is 9.18 Å². The third kappa shape index (κ3) is 2.11. The molecule has 10 heavy (non-hydrogen) atoms. The molecule has 0 aromatic carbocycles. The van der Waals surface area contributed by atoms with E-state index in [0.29, 0.717) is 0 Å². The van der Waals surface area contributed by atoms with Crippen LogP contribution in [0.4, 0.5) is 4.39 Å². The molecule has 0 fully saturated rings. The van der Waals surface area contributed by atoms with Crippen molar-refractivity contribution in [2.45, 2.75) is 0 Å². The Hall–Kier alpha value is -1.60. The largest absolute Gasteiger partial charge is 0.291 e. The number of carbonyl (C=O) groups is 1. The molecule has 0 aromatic heterocycles. The van der Waals surface area contributed by atoms with Gasteiger partial charge < -0.3 is 0 Å². The Kier molecular flexibility index (Phi) is 3.61. The molecule has 52 valence electrons. The van der Waals surface area contributed by atoms with Crippen LogP contribution in [0.2, 0.25) is 0 Å². The van der Waals surface area contributed by atoms with Gasteiger partial charge in [-0.3, -0.25) is 4.79 Å². The normalized spacial score (nSPS) is 10.8. The van der Waals surface area contributed by atoms with Gasteiger partial charge in [-0.2, -0.15) is 5.26 Å². The van der Waals surface area contributed by atoms with E-state index in [-0.39, 0.29) is 0 Å². The standard InChI is InChI=1S/C4H3FN4O/c5-1-3(2-6)4(10)8-9-7/h3H,1H2/t3-/m1/s1. The maximum Gasteiger partial charge on any atom is 0.238 e. The number of hydrogen-bond donors (Lipinski definition) is 0. The second kappa shape index (κ2) is 4.30. The van der Waals surface area contributed by atoms with E-state index in [9.17, 15) is 9.18 Å². The molecule has 0 aliphatic heterocycles. The van der Waals surface area contributed by atoms with E-state index in [2.05, 4.69) is 10.0 Å². The van der Waals surface area contributed by atoms with Gasteiger partial charge in [0.05, 0.1) is 6.07 Å². The summed E-state index contributed by atoms with van der Waals surface area (Å²) in [6, 6.07) is 1.35. The van der Waals surface area contributed by atoms with Crippen LogP contribution in [-0.4, -0.2) is 12.6 Å². The van der Waals surface area contributed by atoms with Crippen LogP contribution >= 0.6 is 0 Å². The SMILES string of the molecule is N#C[C@@H](CF)C(=O)N=[N+]=[N-]. The van der Waals surface area contributed by atoms with Crippen molar-refractivity contribution in [1.29, 1.82) is 5.26 Å². The summed E-state index contributed by atoms with van der Waals surface area (Å²) in [4.78, 5) is 12.4. The average molecular weight is 142 g/mol. The van der Waals surface area contributed by atoms with E-state index in [1.165, 1.54) is 6.07 Å². The molecule has 0 N–H and O–H groups in total. The number of amides is 1. The molecule has 0 rings (SSSR count). The lowest BCUT2D eigenvalue weighted by molar-refractivity contribution is -0.120. The van der Waals surface area contributed by atoms with Crippen LogP contribution in [0.1, 0.15) is 0 Å². The zero-order valence-corrected chi connectivity index (χ0v) is 4.86. The van der Waals surface area contributed by atoms with Crippen molar-refractivity contribution >= 4 is 5.91 Å². The van der Waals surface area contributed by atoms with E-state index >= 15 is 0 Å². The van der Waals surface area contributed by atoms with Gasteiger partial charge in [-0.25, -0.2) is 4.39 Å². The number of hydrogen-bond acceptors (Lipinski definition) is 2. The molecule has 0 radical (unpaired) electrons. The molecule has 0 aromatic rings. The zero-order valence-electron chi connectivity index (χ0n) is 4.86. The molecule has 0 unspecified atom stereocenters. The number of alkyl halides is 1. The van der Waals surface area contributed by atoms with E-state index in [4.69, 9.17) is 10.8 Å². The molecule has 0 aliphatic rings. The highest BCUT2D eigenvalue weighted by Gasteiger charge is 2.14. The first-order valence-electron chi connectivity index (χ1n) is 2.30. The lowest BCUT2D eigenvalue weighted by Gasteiger charge is -1.92. The molecule has 6 heteroatoms. The fourth-order valence-corrected chi connectivity index (χ4v) is 0.269. The predicted molar refractivity (Wildman–Crippen MR) is 29.2 cm³/mol. The minimum Gasteiger partial charge on any atom is -0.291 e. The molecular formula is C4H3FN4O. The van der Waals surface area contributed by atoms with Gasteiger partial charge >= 0.3 is 0 Å². The Morgan fingerprint density at radius 2 is 2.60 bits per heavy atom. The Labute approximate surface area is 55.7 Å². The third-order valence-corrected chi connectivity index (χ3v) is 0.752. The van der Waals surface area contributed by atoms with Gasteiger partial charge in [0.25, 0.3) is 0 Å². The second-order valence-corrected chi connectivity index (χ2v) is 1.36. The first-order valence-corrected chi connectivity index (χ1v) is 2.30. The van der Waals surface area contributed by atoms with Crippen LogP contribution in [0, 0.1) is 17.2 Å². The van der Waals surface area contributed by atoms with E-state index in [0.717, 1.165) is 0 Å². The van der Waals surface area contributed by atoms with E-state index < -0.39 is 18.5 Å². The summed E-state index contributed by atoms with van der Waals surface area (Å²) in [6.07, 6.45) is 0. The Bertz CT molecular complexity index is 214. The van der Waals surface area contributed by atoms with Crippen LogP contribution in [-0.2, 0) is 4.79 Å². The Balaban J connectivity index is 4.19. The van der Waals surface area contributed by atoms with Crippen LogP contribution in [0.15, 0.2) is 5.11 Å². The van der Waals surface area contributed by atoms with Crippen LogP contribution < -0.4 is 0 Å². The van der Waals surface area contributed by atoms with Crippen LogP contribution in [0.5, 0.6) is 0 Å². The fourth-order valence-electron chi connectivity index (χ4n) is 0.269. The smallest absolute Gasteiger partial charge is 0.238 e. The summed E-state index contributed by atoms with van der Waals surface area (Å²) in [5, 5.41) is 10.6. The van der Waals surface area contributed by atoms with Gasteiger partial charge in [0.2, 0.25) is 5.91 Å². The van der Waals surface area contributed by atoms with Gasteiger partial charge in [-0.15, -0.1) is 0 Å². The lowest BCUT2D eigenvalue weighted by Crippen LogP contribution is -2.10. The number of halogens is 1. The van der Waals surface area contributed by atoms with Gasteiger partial charge in [-0.05, 0) is 10.6 Å². The molecule has 1 atom stereocenters. The molecule has 0 bridgehead atoms. The maximum absolute atomic E-state index is 11.6. The molecule has 0 spiro atoms. The zero-order chi connectivity index (χ0) is 7.98. The van der Waals surface area contributed by atoms with Crippen molar-refractivity contribution in [3.05, 3.63) is 10.4 Å². The molecule has 0 saturated carbocycles. The van der Waals surface area contributed by atoms with Crippen molar-refractivity contribution in [2.75, 3.05) is 6.67 Å². The highest BCUT2D eigenvalue weighted by atomic mass is 19.1. The third-order valence-electron chi connectivity index (χ3n) is 0.752. The van der Waals surface area contributed by atoms with Crippen molar-refractivity contribution in [3.63, 3.8) is 0 Å². The minimum absolute atomic E-state index is 1.08. The maximum atomic E-state index is 11.6. The van der Waals surface area contributed by atoms with E-state index in [1.54, 1.807) is 0 Å². The van der Waals surface area contributed by atoms with Gasteiger partial charge in [0.1, 0.15) is 12.6 Å². The highest BCUT2D eigenvalue weighted by Crippen LogP contribution is 1.98. The minimum atomic E-state index is -1.45. The first-order chi connectivity index (χ1) is 4.76. The molecular weight excluding hydrogens is 139 g/mol. The monoisotopic (exact) mass is 142 g/mol. The lowest BCUT2D eigenvalue weighted by atomic mass is 10.2. The van der Waals surface area contributed by atoms with Gasteiger partial charge in [-0.1, -0.05) is 0 Å². The van der Waals surface area contributed by atoms with Crippen LogP contribution in [0.3, 0.4) is 0 Å². The number of azide groups is 1. The number of rotatable bonds is 2. The summed E-state index contributed by atoms with van der Waals surface area (Å²) in [5.41, 5.74) is 7.68. The highest BCUT2D eigenvalue weighted by molar-refractivity contribution is 5.81. The Morgan fingerprint density at radius 3 is 2.90 bits per heavy atom. The van der Waals surface area contributed by atoms with E-state index in [1.807, 2.05) is 0 Å². The number of nitrogens with zero attached hydrogens (tertiary/aromatic N) is 4. The fraction of sp³-hybridized carbons (Fsp3) is 0.500. The van der Waals surface area contributed by atoms with Crippen molar-refractivity contribution in [3.8, 4) is 6.07 Å². The molecule has 0 saturated heterocycles. The predicted octanol–water partition coefficient (Wildman–Crippen LogP) is 0.933. The first kappa shape index (κ1) is 8.40. The number of carbonyl (C=O) groups excluding carboxylic acids is 1. The molecule has 1 amide bonds. The Morgan fingerprint density at radius 1 is 2.00 bits per heavy atom. The summed E-state index contributed by atoms with van der Waals surface area (Å²) in [7, 11) is 0. The summed E-state index contributed by atoms with van der Waals surface area (Å²) in [6.45, 7) is -1.12. The summed E-state index contributed by atoms with van der Waals surface area (Å²) in [5.74, 6) is -2.52.